The second-order valence-corrected chi connectivity index (χ2v) is 9.63. The summed E-state index contributed by atoms with van der Waals surface area (Å²) in [6, 6.07) is 0. The van der Waals surface area contributed by atoms with Crippen LogP contribution >= 0.6 is 0 Å². The van der Waals surface area contributed by atoms with E-state index < -0.39 is 5.79 Å². The molecule has 124 valence electrons. The van der Waals surface area contributed by atoms with Crippen molar-refractivity contribution in [3.63, 3.8) is 0 Å². The minimum absolute atomic E-state index is 0.251. The molecule has 1 heterocycles. The zero-order chi connectivity index (χ0) is 16.0. The van der Waals surface area contributed by atoms with Gasteiger partial charge in [-0.2, -0.15) is 0 Å². The minimum Gasteiger partial charge on any atom is -0.350 e. The van der Waals surface area contributed by atoms with E-state index in [1.54, 1.807) is 5.57 Å². The van der Waals surface area contributed by atoms with Crippen LogP contribution in [0.4, 0.5) is 0 Å². The van der Waals surface area contributed by atoms with E-state index in [-0.39, 0.29) is 5.41 Å². The molecule has 5 atom stereocenters. The fourth-order valence-corrected chi connectivity index (χ4v) is 6.61. The summed E-state index contributed by atoms with van der Waals surface area (Å²) in [7, 11) is 0. The SMILES string of the molecule is C[C@@H]1CC[C@@]23C(=C[C@@](C)([C@H]4COC(C)(C)OC[C@H]42)C3(C)C)C1. The van der Waals surface area contributed by atoms with E-state index in [1.807, 2.05) is 0 Å². The second kappa shape index (κ2) is 4.19. The van der Waals surface area contributed by atoms with Gasteiger partial charge in [0, 0.05) is 5.41 Å². The van der Waals surface area contributed by atoms with Crippen LogP contribution < -0.4 is 0 Å². The molecule has 0 aromatic carbocycles. The van der Waals surface area contributed by atoms with Gasteiger partial charge in [0.1, 0.15) is 0 Å². The molecule has 1 spiro atoms. The summed E-state index contributed by atoms with van der Waals surface area (Å²) in [6.07, 6.45) is 6.68. The summed E-state index contributed by atoms with van der Waals surface area (Å²) in [4.78, 5) is 0. The molecule has 0 aromatic rings. The molecular weight excluding hydrogens is 272 g/mol. The van der Waals surface area contributed by atoms with Crippen molar-refractivity contribution in [1.29, 1.82) is 0 Å². The van der Waals surface area contributed by atoms with Gasteiger partial charge in [-0.3, -0.25) is 0 Å². The molecule has 2 bridgehead atoms. The van der Waals surface area contributed by atoms with Gasteiger partial charge in [0.25, 0.3) is 0 Å². The lowest BCUT2D eigenvalue weighted by molar-refractivity contribution is -0.209. The predicted molar refractivity (Wildman–Crippen MR) is 88.4 cm³/mol. The summed E-state index contributed by atoms with van der Waals surface area (Å²) < 4.78 is 12.4. The van der Waals surface area contributed by atoms with Crippen LogP contribution in [0.1, 0.15) is 60.8 Å². The lowest BCUT2D eigenvalue weighted by Gasteiger charge is -2.50. The Balaban J connectivity index is 1.82. The number of rotatable bonds is 0. The van der Waals surface area contributed by atoms with Gasteiger partial charge in [0.2, 0.25) is 0 Å². The van der Waals surface area contributed by atoms with Gasteiger partial charge < -0.3 is 9.47 Å². The fourth-order valence-electron chi connectivity index (χ4n) is 6.61. The number of allylic oxidation sites excluding steroid dienone is 2. The molecule has 1 saturated heterocycles. The molecule has 0 amide bonds. The fraction of sp³-hybridized carbons (Fsp3) is 0.900. The maximum Gasteiger partial charge on any atom is 0.162 e. The van der Waals surface area contributed by atoms with Crippen LogP contribution in [-0.2, 0) is 9.47 Å². The minimum atomic E-state index is -0.428. The third kappa shape index (κ3) is 1.54. The first-order valence-electron chi connectivity index (χ1n) is 9.14. The van der Waals surface area contributed by atoms with Gasteiger partial charge in [0.05, 0.1) is 13.2 Å². The van der Waals surface area contributed by atoms with Crippen LogP contribution in [-0.4, -0.2) is 19.0 Å². The van der Waals surface area contributed by atoms with Crippen LogP contribution in [0.25, 0.3) is 0 Å². The van der Waals surface area contributed by atoms with Crippen molar-refractivity contribution in [2.24, 2.45) is 34.0 Å². The highest BCUT2D eigenvalue weighted by Crippen LogP contribution is 2.79. The van der Waals surface area contributed by atoms with E-state index in [2.05, 4.69) is 47.6 Å². The quantitative estimate of drug-likeness (QED) is 0.599. The molecule has 0 unspecified atom stereocenters. The maximum absolute atomic E-state index is 6.22. The number of hydrogen-bond acceptors (Lipinski definition) is 2. The van der Waals surface area contributed by atoms with E-state index in [9.17, 15) is 0 Å². The molecule has 0 radical (unpaired) electrons. The van der Waals surface area contributed by atoms with E-state index in [1.165, 1.54) is 19.3 Å². The molecule has 2 nitrogen and oxygen atoms in total. The van der Waals surface area contributed by atoms with E-state index in [0.717, 1.165) is 19.1 Å². The van der Waals surface area contributed by atoms with Crippen LogP contribution in [0.2, 0.25) is 0 Å². The van der Waals surface area contributed by atoms with Gasteiger partial charge in [-0.15, -0.1) is 0 Å². The normalized spacial score (nSPS) is 51.7. The molecular formula is C20H32O2. The number of hydrogen-bond donors (Lipinski definition) is 0. The smallest absolute Gasteiger partial charge is 0.162 e. The lowest BCUT2D eigenvalue weighted by atomic mass is 9.55. The zero-order valence-corrected chi connectivity index (χ0v) is 15.2. The second-order valence-electron chi connectivity index (χ2n) is 9.63. The van der Waals surface area contributed by atoms with Crippen LogP contribution in [0.15, 0.2) is 11.6 Å². The lowest BCUT2D eigenvalue weighted by Crippen LogP contribution is -2.44. The first kappa shape index (κ1) is 15.2. The van der Waals surface area contributed by atoms with E-state index in [4.69, 9.17) is 9.47 Å². The molecule has 22 heavy (non-hydrogen) atoms. The third-order valence-corrected chi connectivity index (χ3v) is 8.22. The maximum atomic E-state index is 6.22. The molecule has 2 heteroatoms. The highest BCUT2D eigenvalue weighted by Gasteiger charge is 2.74. The van der Waals surface area contributed by atoms with Crippen molar-refractivity contribution in [2.75, 3.05) is 13.2 Å². The van der Waals surface area contributed by atoms with Gasteiger partial charge in [-0.05, 0) is 61.7 Å². The van der Waals surface area contributed by atoms with Crippen molar-refractivity contribution >= 4 is 0 Å². The third-order valence-electron chi connectivity index (χ3n) is 8.22. The topological polar surface area (TPSA) is 18.5 Å². The Bertz CT molecular complexity index is 532. The van der Waals surface area contributed by atoms with Crippen molar-refractivity contribution in [2.45, 2.75) is 66.6 Å². The summed E-state index contributed by atoms with van der Waals surface area (Å²) in [5.41, 5.74) is 2.67. The van der Waals surface area contributed by atoms with Gasteiger partial charge in [0.15, 0.2) is 5.79 Å². The Morgan fingerprint density at radius 1 is 1.00 bits per heavy atom. The largest absolute Gasteiger partial charge is 0.350 e. The Labute approximate surface area is 135 Å². The summed E-state index contributed by atoms with van der Waals surface area (Å²) >= 11 is 0. The average molecular weight is 304 g/mol. The Morgan fingerprint density at radius 3 is 2.32 bits per heavy atom. The summed E-state index contributed by atoms with van der Waals surface area (Å²) in [6.45, 7) is 15.8. The molecule has 1 aliphatic heterocycles. The molecule has 0 aromatic heterocycles. The molecule has 4 rings (SSSR count). The zero-order valence-electron chi connectivity index (χ0n) is 15.2. The summed E-state index contributed by atoms with van der Waals surface area (Å²) in [5, 5.41) is 0. The number of ether oxygens (including phenoxy) is 2. The summed E-state index contributed by atoms with van der Waals surface area (Å²) in [5.74, 6) is 1.64. The van der Waals surface area contributed by atoms with Gasteiger partial charge in [-0.25, -0.2) is 0 Å². The van der Waals surface area contributed by atoms with Crippen molar-refractivity contribution < 1.29 is 9.47 Å². The highest BCUT2D eigenvalue weighted by molar-refractivity contribution is 5.41. The first-order valence-corrected chi connectivity index (χ1v) is 9.14. The van der Waals surface area contributed by atoms with Crippen LogP contribution in [0, 0.1) is 34.0 Å². The van der Waals surface area contributed by atoms with E-state index in [0.29, 0.717) is 22.7 Å². The van der Waals surface area contributed by atoms with Crippen molar-refractivity contribution in [1.82, 2.24) is 0 Å². The Hall–Kier alpha value is -0.340. The molecule has 3 aliphatic carbocycles. The van der Waals surface area contributed by atoms with E-state index >= 15 is 0 Å². The van der Waals surface area contributed by atoms with Crippen molar-refractivity contribution in [3.05, 3.63) is 11.6 Å². The van der Waals surface area contributed by atoms with Crippen molar-refractivity contribution in [3.8, 4) is 0 Å². The van der Waals surface area contributed by atoms with Crippen LogP contribution in [0.3, 0.4) is 0 Å². The Morgan fingerprint density at radius 2 is 1.64 bits per heavy atom. The standard InChI is InChI=1S/C20H32O2/c1-13-7-8-20-14(9-13)10-19(6,17(20,2)3)15-11-21-18(4,5)22-12-16(15)20/h10,13,15-16H,7-9,11-12H2,1-6H3/t13-,15+,16-,19+,20-/m1/s1. The molecule has 0 N–H and O–H groups in total. The average Bonchev–Trinajstić information content (AvgIpc) is 2.59. The molecule has 2 saturated carbocycles. The van der Waals surface area contributed by atoms with Crippen LogP contribution in [0.5, 0.6) is 0 Å². The van der Waals surface area contributed by atoms with Gasteiger partial charge in [-0.1, -0.05) is 39.3 Å². The highest BCUT2D eigenvalue weighted by atomic mass is 16.7. The number of fused-ring (bicyclic) bond motifs is 3. The molecule has 4 aliphatic rings. The first-order chi connectivity index (χ1) is 10.1. The van der Waals surface area contributed by atoms with Gasteiger partial charge >= 0.3 is 0 Å². The predicted octanol–water partition coefficient (Wildman–Crippen LogP) is 4.79. The monoisotopic (exact) mass is 304 g/mol. The molecule has 3 fully saturated rings. The Kier molecular flexibility index (Phi) is 2.89.